The monoisotopic (exact) mass is 328 g/mol. The van der Waals surface area contributed by atoms with Gasteiger partial charge in [-0.2, -0.15) is 0 Å². The molecule has 6 heteroatoms. The number of likely N-dealkylation sites (tertiary alicyclic amines) is 1. The van der Waals surface area contributed by atoms with Crippen molar-refractivity contribution in [3.8, 4) is 11.3 Å². The summed E-state index contributed by atoms with van der Waals surface area (Å²) in [6.45, 7) is 5.88. The number of amides is 1. The first-order chi connectivity index (χ1) is 11.6. The van der Waals surface area contributed by atoms with Crippen molar-refractivity contribution in [2.75, 3.05) is 19.6 Å². The molecule has 2 aromatic heterocycles. The second-order valence-corrected chi connectivity index (χ2v) is 6.45. The Labute approximate surface area is 142 Å². The van der Waals surface area contributed by atoms with Crippen LogP contribution >= 0.6 is 0 Å². The van der Waals surface area contributed by atoms with Crippen LogP contribution in [0.3, 0.4) is 0 Å². The molecular weight excluding hydrogens is 304 g/mol. The van der Waals surface area contributed by atoms with Crippen molar-refractivity contribution < 1.29 is 9.32 Å². The molecule has 1 amide bonds. The Morgan fingerprint density at radius 1 is 1.42 bits per heavy atom. The van der Waals surface area contributed by atoms with E-state index < -0.39 is 0 Å². The van der Waals surface area contributed by atoms with Crippen LogP contribution in [-0.4, -0.2) is 40.6 Å². The van der Waals surface area contributed by atoms with Gasteiger partial charge in [0, 0.05) is 31.7 Å². The fourth-order valence-corrected chi connectivity index (χ4v) is 3.38. The molecule has 1 aliphatic heterocycles. The number of carbonyl (C=O) groups is 1. The van der Waals surface area contributed by atoms with Crippen molar-refractivity contribution in [1.29, 1.82) is 0 Å². The van der Waals surface area contributed by atoms with Crippen LogP contribution in [0.25, 0.3) is 11.3 Å². The summed E-state index contributed by atoms with van der Waals surface area (Å²) in [5.74, 6) is 1.41. The molecule has 1 aliphatic rings. The van der Waals surface area contributed by atoms with Crippen molar-refractivity contribution in [3.05, 3.63) is 35.3 Å². The smallest absolute Gasteiger partial charge is 0.223 e. The summed E-state index contributed by atoms with van der Waals surface area (Å²) in [5, 5.41) is 4.00. The second-order valence-electron chi connectivity index (χ2n) is 6.45. The lowest BCUT2D eigenvalue weighted by atomic mass is 10.0. The highest BCUT2D eigenvalue weighted by Gasteiger charge is 2.26. The molecule has 0 saturated carbocycles. The fraction of sp³-hybridized carbons (Fsp3) is 0.500. The zero-order valence-corrected chi connectivity index (χ0v) is 14.3. The molecule has 128 valence electrons. The third-order valence-electron chi connectivity index (χ3n) is 4.59. The Bertz CT molecular complexity index is 706. The number of aromatic nitrogens is 2. The van der Waals surface area contributed by atoms with E-state index in [2.05, 4.69) is 5.16 Å². The minimum Gasteiger partial charge on any atom is -0.361 e. The number of nitrogens with two attached hydrogens (primary N) is 1. The maximum atomic E-state index is 11.9. The van der Waals surface area contributed by atoms with E-state index in [1.807, 2.05) is 36.9 Å². The van der Waals surface area contributed by atoms with Crippen LogP contribution < -0.4 is 5.73 Å². The number of nitrogens with zero attached hydrogens (tertiary/aromatic N) is 3. The molecule has 24 heavy (non-hydrogen) atoms. The van der Waals surface area contributed by atoms with Crippen LogP contribution in [-0.2, 0) is 11.2 Å². The predicted molar refractivity (Wildman–Crippen MR) is 91.3 cm³/mol. The molecule has 0 aromatic carbocycles. The van der Waals surface area contributed by atoms with Gasteiger partial charge < -0.3 is 15.2 Å². The molecule has 1 fully saturated rings. The van der Waals surface area contributed by atoms with Gasteiger partial charge in [0.25, 0.3) is 0 Å². The quantitative estimate of drug-likeness (QED) is 0.908. The third-order valence-corrected chi connectivity index (χ3v) is 4.59. The third kappa shape index (κ3) is 3.48. The maximum Gasteiger partial charge on any atom is 0.223 e. The molecule has 0 radical (unpaired) electrons. The van der Waals surface area contributed by atoms with Gasteiger partial charge in [0.2, 0.25) is 5.91 Å². The summed E-state index contributed by atoms with van der Waals surface area (Å²) in [4.78, 5) is 18.7. The van der Waals surface area contributed by atoms with Crippen molar-refractivity contribution >= 4 is 5.91 Å². The van der Waals surface area contributed by atoms with Crippen LogP contribution in [0.4, 0.5) is 0 Å². The summed E-state index contributed by atoms with van der Waals surface area (Å²) in [7, 11) is 0. The van der Waals surface area contributed by atoms with Crippen LogP contribution in [0.1, 0.15) is 30.0 Å². The first kappa shape index (κ1) is 16.6. The van der Waals surface area contributed by atoms with Gasteiger partial charge in [-0.1, -0.05) is 11.2 Å². The van der Waals surface area contributed by atoms with E-state index in [-0.39, 0.29) is 5.91 Å². The summed E-state index contributed by atoms with van der Waals surface area (Å²) in [6, 6.07) is 6.06. The highest BCUT2D eigenvalue weighted by atomic mass is 16.5. The van der Waals surface area contributed by atoms with E-state index >= 15 is 0 Å². The summed E-state index contributed by atoms with van der Waals surface area (Å²) < 4.78 is 5.24. The van der Waals surface area contributed by atoms with Gasteiger partial charge in [0.1, 0.15) is 5.76 Å². The van der Waals surface area contributed by atoms with Gasteiger partial charge in [-0.25, -0.2) is 0 Å². The lowest BCUT2D eigenvalue weighted by Crippen LogP contribution is -2.30. The first-order valence-electron chi connectivity index (χ1n) is 8.45. The molecule has 2 N–H and O–H groups in total. The molecule has 1 saturated heterocycles. The second kappa shape index (κ2) is 7.13. The molecule has 2 aromatic rings. The molecule has 0 spiro atoms. The standard InChI is InChI=1S/C18H24N4O2/c1-12-18(13(2)24-21-12)16-5-3-4-15(20-16)10-14-7-9-22(11-14)17(23)6-8-19/h3-5,14H,6-11,19H2,1-2H3/t14-/m1/s1. The Hall–Kier alpha value is -2.21. The van der Waals surface area contributed by atoms with Crippen LogP contribution in [0, 0.1) is 19.8 Å². The summed E-state index contributed by atoms with van der Waals surface area (Å²) >= 11 is 0. The lowest BCUT2D eigenvalue weighted by molar-refractivity contribution is -0.130. The number of hydrogen-bond acceptors (Lipinski definition) is 5. The minimum atomic E-state index is 0.164. The zero-order chi connectivity index (χ0) is 17.1. The van der Waals surface area contributed by atoms with E-state index in [4.69, 9.17) is 15.2 Å². The Balaban J connectivity index is 1.69. The summed E-state index contributed by atoms with van der Waals surface area (Å²) in [5.41, 5.74) is 9.25. The fourth-order valence-electron chi connectivity index (χ4n) is 3.38. The van der Waals surface area contributed by atoms with Crippen molar-refractivity contribution in [2.45, 2.75) is 33.1 Å². The molecule has 3 heterocycles. The molecule has 0 aliphatic carbocycles. The molecule has 0 bridgehead atoms. The number of aryl methyl sites for hydroxylation is 2. The average molecular weight is 328 g/mol. The zero-order valence-electron chi connectivity index (χ0n) is 14.3. The SMILES string of the molecule is Cc1noc(C)c1-c1cccc(C[C@H]2CCN(C(=O)CCN)C2)n1. The maximum absolute atomic E-state index is 11.9. The van der Waals surface area contributed by atoms with E-state index in [0.29, 0.717) is 18.9 Å². The summed E-state index contributed by atoms with van der Waals surface area (Å²) in [6.07, 6.45) is 2.34. The average Bonchev–Trinajstić information content (AvgIpc) is 3.15. The Morgan fingerprint density at radius 3 is 2.96 bits per heavy atom. The van der Waals surface area contributed by atoms with Crippen molar-refractivity contribution in [2.24, 2.45) is 11.7 Å². The number of hydrogen-bond donors (Lipinski definition) is 1. The van der Waals surface area contributed by atoms with Crippen LogP contribution in [0.15, 0.2) is 22.7 Å². The number of pyridine rings is 1. The molecule has 3 rings (SSSR count). The molecule has 1 atom stereocenters. The van der Waals surface area contributed by atoms with Gasteiger partial charge in [0.15, 0.2) is 0 Å². The largest absolute Gasteiger partial charge is 0.361 e. The number of carbonyl (C=O) groups excluding carboxylic acids is 1. The molecule has 6 nitrogen and oxygen atoms in total. The minimum absolute atomic E-state index is 0.164. The van der Waals surface area contributed by atoms with Gasteiger partial charge >= 0.3 is 0 Å². The van der Waals surface area contributed by atoms with Crippen LogP contribution in [0.5, 0.6) is 0 Å². The normalized spacial score (nSPS) is 17.5. The topological polar surface area (TPSA) is 85.2 Å². The van der Waals surface area contributed by atoms with E-state index in [1.54, 1.807) is 0 Å². The van der Waals surface area contributed by atoms with Crippen molar-refractivity contribution in [1.82, 2.24) is 15.0 Å². The van der Waals surface area contributed by atoms with Gasteiger partial charge in [0.05, 0.1) is 17.0 Å². The lowest BCUT2D eigenvalue weighted by Gasteiger charge is -2.16. The molecule has 0 unspecified atom stereocenters. The highest BCUT2D eigenvalue weighted by molar-refractivity contribution is 5.76. The Kier molecular flexibility index (Phi) is 4.94. The Morgan fingerprint density at radius 2 is 2.25 bits per heavy atom. The molecular formula is C18H24N4O2. The van der Waals surface area contributed by atoms with E-state index in [1.165, 1.54) is 0 Å². The van der Waals surface area contributed by atoms with E-state index in [0.717, 1.165) is 54.3 Å². The highest BCUT2D eigenvalue weighted by Crippen LogP contribution is 2.26. The first-order valence-corrected chi connectivity index (χ1v) is 8.45. The van der Waals surface area contributed by atoms with Gasteiger partial charge in [-0.3, -0.25) is 9.78 Å². The van der Waals surface area contributed by atoms with Gasteiger partial charge in [-0.05, 0) is 44.7 Å². The van der Waals surface area contributed by atoms with Gasteiger partial charge in [-0.15, -0.1) is 0 Å². The number of rotatable bonds is 5. The van der Waals surface area contributed by atoms with Crippen molar-refractivity contribution in [3.63, 3.8) is 0 Å². The van der Waals surface area contributed by atoms with Crippen LogP contribution in [0.2, 0.25) is 0 Å². The predicted octanol–water partition coefficient (Wildman–Crippen LogP) is 2.09. The van der Waals surface area contributed by atoms with E-state index in [9.17, 15) is 4.79 Å².